The van der Waals surface area contributed by atoms with Gasteiger partial charge in [-0.25, -0.2) is 9.97 Å². The van der Waals surface area contributed by atoms with E-state index in [1.165, 1.54) is 11.3 Å². The van der Waals surface area contributed by atoms with Crippen molar-refractivity contribution in [2.75, 3.05) is 11.9 Å². The molecule has 0 bridgehead atoms. The lowest BCUT2D eigenvalue weighted by Crippen LogP contribution is -2.27. The first-order valence-corrected chi connectivity index (χ1v) is 10.1. The molecule has 3 N–H and O–H groups in total. The number of hydrogen-bond acceptors (Lipinski definition) is 5. The Balaban J connectivity index is 1.25. The number of imidazole rings is 1. The average molecular weight is 405 g/mol. The second-order valence-corrected chi connectivity index (χ2v) is 7.30. The zero-order chi connectivity index (χ0) is 20.1. The molecular formula is C21H19N5O2S. The molecule has 0 fully saturated rings. The lowest BCUT2D eigenvalue weighted by molar-refractivity contribution is -0.120. The zero-order valence-corrected chi connectivity index (χ0v) is 16.3. The fraction of sp³-hybridized carbons (Fsp3) is 0.143. The number of benzene rings is 2. The van der Waals surface area contributed by atoms with Crippen molar-refractivity contribution in [2.45, 2.75) is 12.8 Å². The van der Waals surface area contributed by atoms with E-state index in [9.17, 15) is 9.59 Å². The molecule has 2 aromatic heterocycles. The van der Waals surface area contributed by atoms with Gasteiger partial charge in [0.1, 0.15) is 5.82 Å². The summed E-state index contributed by atoms with van der Waals surface area (Å²) in [5.74, 6) is 0.500. The molecule has 0 spiro atoms. The molecule has 146 valence electrons. The summed E-state index contributed by atoms with van der Waals surface area (Å²) in [4.78, 5) is 36.4. The number of amides is 2. The van der Waals surface area contributed by atoms with Gasteiger partial charge in [0.05, 0.1) is 23.1 Å². The molecule has 7 nitrogen and oxygen atoms in total. The van der Waals surface area contributed by atoms with E-state index in [2.05, 4.69) is 25.6 Å². The highest BCUT2D eigenvalue weighted by molar-refractivity contribution is 7.14. The standard InChI is InChI=1S/C21H19N5O2S/c27-19(22-11-10-18-24-16-8-4-5-9-17(16)25-18)12-15-13-29-21(23-15)26-20(28)14-6-2-1-3-7-14/h1-9,13H,10-12H2,(H,22,27)(H,24,25)(H,23,26,28). The number of aromatic amines is 1. The molecule has 29 heavy (non-hydrogen) atoms. The topological polar surface area (TPSA) is 99.8 Å². The molecule has 0 saturated carbocycles. The van der Waals surface area contributed by atoms with Crippen LogP contribution in [-0.4, -0.2) is 33.3 Å². The quantitative estimate of drug-likeness (QED) is 0.440. The minimum Gasteiger partial charge on any atom is -0.355 e. The summed E-state index contributed by atoms with van der Waals surface area (Å²) in [6.07, 6.45) is 0.785. The van der Waals surface area contributed by atoms with Gasteiger partial charge in [0.25, 0.3) is 5.91 Å². The predicted molar refractivity (Wildman–Crippen MR) is 113 cm³/mol. The number of carbonyl (C=O) groups excluding carboxylic acids is 2. The van der Waals surface area contributed by atoms with Crippen LogP contribution in [0.1, 0.15) is 21.9 Å². The zero-order valence-electron chi connectivity index (χ0n) is 15.5. The number of nitrogens with one attached hydrogen (secondary N) is 3. The van der Waals surface area contributed by atoms with Crippen molar-refractivity contribution in [3.8, 4) is 0 Å². The van der Waals surface area contributed by atoms with Gasteiger partial charge < -0.3 is 10.3 Å². The predicted octanol–water partition coefficient (Wildman–Crippen LogP) is 3.17. The van der Waals surface area contributed by atoms with Crippen LogP contribution in [0.3, 0.4) is 0 Å². The van der Waals surface area contributed by atoms with E-state index in [-0.39, 0.29) is 18.2 Å². The first-order valence-electron chi connectivity index (χ1n) is 9.18. The lowest BCUT2D eigenvalue weighted by Gasteiger charge is -2.03. The number of carbonyl (C=O) groups is 2. The maximum Gasteiger partial charge on any atom is 0.257 e. The highest BCUT2D eigenvalue weighted by atomic mass is 32.1. The third kappa shape index (κ3) is 4.85. The van der Waals surface area contributed by atoms with Crippen molar-refractivity contribution in [2.24, 2.45) is 0 Å². The molecule has 4 aromatic rings. The number of rotatable bonds is 7. The minimum atomic E-state index is -0.221. The van der Waals surface area contributed by atoms with Gasteiger partial charge in [-0.15, -0.1) is 11.3 Å². The van der Waals surface area contributed by atoms with Gasteiger partial charge in [-0.3, -0.25) is 14.9 Å². The molecule has 2 aromatic carbocycles. The first-order chi connectivity index (χ1) is 14.2. The Hall–Kier alpha value is -3.52. The minimum absolute atomic E-state index is 0.118. The van der Waals surface area contributed by atoms with Crippen molar-refractivity contribution in [3.63, 3.8) is 0 Å². The fourth-order valence-corrected chi connectivity index (χ4v) is 3.58. The molecule has 2 heterocycles. The largest absolute Gasteiger partial charge is 0.355 e. The Bertz CT molecular complexity index is 1100. The molecule has 8 heteroatoms. The summed E-state index contributed by atoms with van der Waals surface area (Å²) >= 11 is 1.30. The van der Waals surface area contributed by atoms with Crippen LogP contribution in [0, 0.1) is 0 Å². The summed E-state index contributed by atoms with van der Waals surface area (Å²) in [7, 11) is 0. The molecule has 2 amide bonds. The third-order valence-corrected chi connectivity index (χ3v) is 5.08. The second-order valence-electron chi connectivity index (χ2n) is 6.44. The van der Waals surface area contributed by atoms with E-state index in [4.69, 9.17) is 0 Å². The molecular weight excluding hydrogens is 386 g/mol. The normalized spacial score (nSPS) is 10.8. The summed E-state index contributed by atoms with van der Waals surface area (Å²) in [6.45, 7) is 0.487. The fourth-order valence-electron chi connectivity index (χ4n) is 2.88. The van der Waals surface area contributed by atoms with Gasteiger partial charge in [-0.2, -0.15) is 0 Å². The number of H-pyrrole nitrogens is 1. The van der Waals surface area contributed by atoms with E-state index in [0.717, 1.165) is 16.9 Å². The number of aromatic nitrogens is 3. The average Bonchev–Trinajstić information content (AvgIpc) is 3.34. The Labute approximate surface area is 171 Å². The van der Waals surface area contributed by atoms with Crippen molar-refractivity contribution in [1.29, 1.82) is 0 Å². The van der Waals surface area contributed by atoms with Gasteiger partial charge >= 0.3 is 0 Å². The van der Waals surface area contributed by atoms with Crippen LogP contribution >= 0.6 is 11.3 Å². The maximum absolute atomic E-state index is 12.2. The second kappa shape index (κ2) is 8.66. The maximum atomic E-state index is 12.2. The summed E-state index contributed by atoms with van der Waals surface area (Å²) in [5, 5.41) is 7.88. The number of nitrogens with zero attached hydrogens (tertiary/aromatic N) is 2. The molecule has 0 radical (unpaired) electrons. The summed E-state index contributed by atoms with van der Waals surface area (Å²) < 4.78 is 0. The lowest BCUT2D eigenvalue weighted by atomic mass is 10.2. The van der Waals surface area contributed by atoms with Crippen LogP contribution in [0.5, 0.6) is 0 Å². The van der Waals surface area contributed by atoms with E-state index in [1.807, 2.05) is 30.3 Å². The van der Waals surface area contributed by atoms with Crippen molar-refractivity contribution in [1.82, 2.24) is 20.3 Å². The smallest absolute Gasteiger partial charge is 0.257 e. The van der Waals surface area contributed by atoms with E-state index >= 15 is 0 Å². The molecule has 0 atom stereocenters. The van der Waals surface area contributed by atoms with E-state index < -0.39 is 0 Å². The SMILES string of the molecule is O=C(Cc1csc(NC(=O)c2ccccc2)n1)NCCc1nc2ccccc2[nH]1. The van der Waals surface area contributed by atoms with Crippen molar-refractivity contribution in [3.05, 3.63) is 77.1 Å². The Morgan fingerprint density at radius 3 is 2.62 bits per heavy atom. The molecule has 0 aliphatic carbocycles. The number of anilines is 1. The van der Waals surface area contributed by atoms with Crippen molar-refractivity contribution >= 4 is 39.3 Å². The van der Waals surface area contributed by atoms with Gasteiger partial charge in [-0.05, 0) is 24.3 Å². The van der Waals surface area contributed by atoms with Crippen LogP contribution in [-0.2, 0) is 17.6 Å². The molecule has 0 aliphatic heterocycles. The third-order valence-electron chi connectivity index (χ3n) is 4.27. The van der Waals surface area contributed by atoms with Crippen LogP contribution in [0.2, 0.25) is 0 Å². The highest BCUT2D eigenvalue weighted by Crippen LogP contribution is 2.17. The summed E-state index contributed by atoms with van der Waals surface area (Å²) in [5.41, 5.74) is 3.09. The Morgan fingerprint density at radius 1 is 1.00 bits per heavy atom. The van der Waals surface area contributed by atoms with Gasteiger partial charge in [-0.1, -0.05) is 30.3 Å². The number of fused-ring (bicyclic) bond motifs is 1. The van der Waals surface area contributed by atoms with Crippen LogP contribution in [0.4, 0.5) is 5.13 Å². The van der Waals surface area contributed by atoms with Gasteiger partial charge in [0, 0.05) is 23.9 Å². The van der Waals surface area contributed by atoms with E-state index in [0.29, 0.717) is 29.4 Å². The first kappa shape index (κ1) is 18.8. The van der Waals surface area contributed by atoms with Crippen molar-refractivity contribution < 1.29 is 9.59 Å². The number of thiazole rings is 1. The highest BCUT2D eigenvalue weighted by Gasteiger charge is 2.11. The van der Waals surface area contributed by atoms with Gasteiger partial charge in [0.2, 0.25) is 5.91 Å². The Kier molecular flexibility index (Phi) is 5.62. The van der Waals surface area contributed by atoms with Gasteiger partial charge in [0.15, 0.2) is 5.13 Å². The molecule has 0 saturated heterocycles. The van der Waals surface area contributed by atoms with Crippen LogP contribution in [0.15, 0.2) is 60.0 Å². The molecule has 4 rings (SSSR count). The van der Waals surface area contributed by atoms with E-state index in [1.54, 1.807) is 29.6 Å². The van der Waals surface area contributed by atoms with Crippen LogP contribution in [0.25, 0.3) is 11.0 Å². The molecule has 0 aliphatic rings. The monoisotopic (exact) mass is 405 g/mol. The number of hydrogen-bond donors (Lipinski definition) is 3. The summed E-state index contributed by atoms with van der Waals surface area (Å²) in [6, 6.07) is 16.8. The Morgan fingerprint density at radius 2 is 1.79 bits per heavy atom. The number of para-hydroxylation sites is 2. The van der Waals surface area contributed by atoms with Crippen LogP contribution < -0.4 is 10.6 Å². The molecule has 0 unspecified atom stereocenters.